The van der Waals surface area contributed by atoms with E-state index in [1.54, 1.807) is 36.5 Å². The standard InChI is InChI=1S/C18H22O2S2/c1-11-9-15(13(3)21-11)17(5,19)7-8-18(6,20)16-10-12(2)22-14(16)4/h9-10,19-20H,1-6H3. The maximum absolute atomic E-state index is 10.7. The zero-order valence-corrected chi connectivity index (χ0v) is 15.5. The zero-order chi connectivity index (χ0) is 16.7. The Labute approximate surface area is 140 Å². The van der Waals surface area contributed by atoms with Crippen LogP contribution in [-0.4, -0.2) is 10.2 Å². The third-order valence-corrected chi connectivity index (χ3v) is 5.61. The van der Waals surface area contributed by atoms with Crippen molar-refractivity contribution in [3.63, 3.8) is 0 Å². The Hall–Kier alpha value is -1.12. The Kier molecular flexibility index (Phi) is 4.56. The van der Waals surface area contributed by atoms with Gasteiger partial charge in [-0.15, -0.1) is 22.7 Å². The number of hydrogen-bond donors (Lipinski definition) is 2. The van der Waals surface area contributed by atoms with E-state index in [9.17, 15) is 10.2 Å². The van der Waals surface area contributed by atoms with Crippen LogP contribution in [0, 0.1) is 39.5 Å². The molecule has 2 N–H and O–H groups in total. The van der Waals surface area contributed by atoms with Crippen LogP contribution in [-0.2, 0) is 11.2 Å². The van der Waals surface area contributed by atoms with Crippen LogP contribution in [0.2, 0.25) is 0 Å². The Bertz CT molecular complexity index is 690. The zero-order valence-electron chi connectivity index (χ0n) is 13.9. The highest BCUT2D eigenvalue weighted by Gasteiger charge is 2.28. The van der Waals surface area contributed by atoms with Crippen molar-refractivity contribution in [2.45, 2.75) is 52.7 Å². The van der Waals surface area contributed by atoms with Gasteiger partial charge < -0.3 is 10.2 Å². The van der Waals surface area contributed by atoms with Crippen molar-refractivity contribution in [1.82, 2.24) is 0 Å². The molecule has 2 aromatic heterocycles. The van der Waals surface area contributed by atoms with Crippen molar-refractivity contribution >= 4 is 22.7 Å². The van der Waals surface area contributed by atoms with Crippen LogP contribution in [0.1, 0.15) is 44.5 Å². The first-order valence-corrected chi connectivity index (χ1v) is 8.80. The van der Waals surface area contributed by atoms with Crippen LogP contribution in [0.3, 0.4) is 0 Å². The van der Waals surface area contributed by atoms with Gasteiger partial charge in [0.1, 0.15) is 11.2 Å². The van der Waals surface area contributed by atoms with E-state index in [4.69, 9.17) is 0 Å². The van der Waals surface area contributed by atoms with Gasteiger partial charge in [-0.3, -0.25) is 0 Å². The van der Waals surface area contributed by atoms with E-state index in [1.807, 2.05) is 39.8 Å². The van der Waals surface area contributed by atoms with Crippen LogP contribution >= 0.6 is 22.7 Å². The van der Waals surface area contributed by atoms with Crippen LogP contribution < -0.4 is 0 Å². The molecular formula is C18H22O2S2. The van der Waals surface area contributed by atoms with Crippen molar-refractivity contribution in [3.05, 3.63) is 42.8 Å². The van der Waals surface area contributed by atoms with Gasteiger partial charge in [0.05, 0.1) is 0 Å². The predicted molar refractivity (Wildman–Crippen MR) is 94.5 cm³/mol. The number of thiophene rings is 2. The molecule has 118 valence electrons. The summed E-state index contributed by atoms with van der Waals surface area (Å²) in [4.78, 5) is 4.40. The summed E-state index contributed by atoms with van der Waals surface area (Å²) in [5.41, 5.74) is -0.900. The van der Waals surface area contributed by atoms with Crippen LogP contribution in [0.4, 0.5) is 0 Å². The fourth-order valence-electron chi connectivity index (χ4n) is 2.61. The van der Waals surface area contributed by atoms with Crippen molar-refractivity contribution in [1.29, 1.82) is 0 Å². The molecule has 2 atom stereocenters. The van der Waals surface area contributed by atoms with Crippen molar-refractivity contribution in [2.24, 2.45) is 0 Å². The summed E-state index contributed by atoms with van der Waals surface area (Å²) in [6.45, 7) is 11.3. The molecule has 2 rings (SSSR count). The molecule has 2 heterocycles. The molecule has 0 spiro atoms. The fourth-order valence-corrected chi connectivity index (χ4v) is 4.66. The lowest BCUT2D eigenvalue weighted by atomic mass is 9.92. The number of hydrogen-bond acceptors (Lipinski definition) is 4. The topological polar surface area (TPSA) is 40.5 Å². The highest BCUT2D eigenvalue weighted by Crippen LogP contribution is 2.32. The van der Waals surface area contributed by atoms with E-state index in [0.717, 1.165) is 30.6 Å². The highest BCUT2D eigenvalue weighted by atomic mass is 32.1. The molecule has 0 aliphatic rings. The quantitative estimate of drug-likeness (QED) is 0.810. The minimum Gasteiger partial charge on any atom is -0.374 e. The van der Waals surface area contributed by atoms with Gasteiger partial charge in [0, 0.05) is 30.6 Å². The molecular weight excluding hydrogens is 312 g/mol. The molecule has 22 heavy (non-hydrogen) atoms. The normalized spacial score (nSPS) is 16.5. The molecule has 2 aromatic rings. The van der Waals surface area contributed by atoms with Gasteiger partial charge in [-0.05, 0) is 53.7 Å². The monoisotopic (exact) mass is 334 g/mol. The Morgan fingerprint density at radius 3 is 1.32 bits per heavy atom. The van der Waals surface area contributed by atoms with Crippen LogP contribution in [0.5, 0.6) is 0 Å². The second kappa shape index (κ2) is 5.82. The first-order valence-electron chi connectivity index (χ1n) is 7.17. The van der Waals surface area contributed by atoms with Gasteiger partial charge in [-0.25, -0.2) is 0 Å². The van der Waals surface area contributed by atoms with E-state index in [1.165, 1.54) is 0 Å². The summed E-state index contributed by atoms with van der Waals surface area (Å²) >= 11 is 3.29. The molecule has 2 nitrogen and oxygen atoms in total. The molecule has 0 aliphatic heterocycles. The minimum atomic E-state index is -1.27. The molecule has 0 saturated carbocycles. The minimum absolute atomic E-state index is 0.816. The molecule has 2 unspecified atom stereocenters. The molecule has 0 aromatic carbocycles. The smallest absolute Gasteiger partial charge is 0.149 e. The third-order valence-electron chi connectivity index (χ3n) is 3.68. The molecule has 4 heteroatoms. The van der Waals surface area contributed by atoms with Gasteiger partial charge in [-0.2, -0.15) is 0 Å². The van der Waals surface area contributed by atoms with Gasteiger partial charge >= 0.3 is 0 Å². The average Bonchev–Trinajstić information content (AvgIpc) is 2.90. The lowest BCUT2D eigenvalue weighted by molar-refractivity contribution is 0.109. The third kappa shape index (κ3) is 3.44. The lowest BCUT2D eigenvalue weighted by Gasteiger charge is -2.20. The summed E-state index contributed by atoms with van der Waals surface area (Å²) in [5.74, 6) is 5.74. The first kappa shape index (κ1) is 17.2. The van der Waals surface area contributed by atoms with E-state index in [-0.39, 0.29) is 0 Å². The molecule has 0 radical (unpaired) electrons. The number of aryl methyl sites for hydroxylation is 4. The summed E-state index contributed by atoms with van der Waals surface area (Å²) in [7, 11) is 0. The lowest BCUT2D eigenvalue weighted by Crippen LogP contribution is -2.23. The van der Waals surface area contributed by atoms with E-state index in [2.05, 4.69) is 11.8 Å². The fraction of sp³-hybridized carbons (Fsp3) is 0.444. The molecule has 0 amide bonds. The SMILES string of the molecule is Cc1cc(C(C)(O)C#CC(C)(O)c2cc(C)sc2C)c(C)s1. The summed E-state index contributed by atoms with van der Waals surface area (Å²) in [6.07, 6.45) is 0. The Morgan fingerprint density at radius 2 is 1.09 bits per heavy atom. The van der Waals surface area contributed by atoms with E-state index in [0.29, 0.717) is 0 Å². The van der Waals surface area contributed by atoms with Gasteiger partial charge in [0.2, 0.25) is 0 Å². The second-order valence-corrected chi connectivity index (χ2v) is 8.97. The predicted octanol–water partition coefficient (Wildman–Crippen LogP) is 4.16. The van der Waals surface area contributed by atoms with Gasteiger partial charge in [0.15, 0.2) is 0 Å². The number of rotatable bonds is 2. The van der Waals surface area contributed by atoms with Crippen molar-refractivity contribution in [2.75, 3.05) is 0 Å². The highest BCUT2D eigenvalue weighted by molar-refractivity contribution is 7.12. The molecule has 0 saturated heterocycles. The van der Waals surface area contributed by atoms with E-state index < -0.39 is 11.2 Å². The van der Waals surface area contributed by atoms with Crippen LogP contribution in [0.15, 0.2) is 12.1 Å². The Morgan fingerprint density at radius 1 is 0.773 bits per heavy atom. The van der Waals surface area contributed by atoms with E-state index >= 15 is 0 Å². The van der Waals surface area contributed by atoms with Gasteiger partial charge in [-0.1, -0.05) is 11.8 Å². The number of aliphatic hydroxyl groups is 2. The second-order valence-electron chi connectivity index (χ2n) is 6.05. The van der Waals surface area contributed by atoms with Crippen LogP contribution in [0.25, 0.3) is 0 Å². The molecule has 0 aliphatic carbocycles. The molecule has 0 bridgehead atoms. The Balaban J connectivity index is 2.39. The maximum Gasteiger partial charge on any atom is 0.149 e. The average molecular weight is 335 g/mol. The van der Waals surface area contributed by atoms with Gasteiger partial charge in [0.25, 0.3) is 0 Å². The largest absolute Gasteiger partial charge is 0.374 e. The maximum atomic E-state index is 10.7. The summed E-state index contributed by atoms with van der Waals surface area (Å²) < 4.78 is 0. The first-order chi connectivity index (χ1) is 10.0. The van der Waals surface area contributed by atoms with Crippen molar-refractivity contribution < 1.29 is 10.2 Å². The summed E-state index contributed by atoms with van der Waals surface area (Å²) in [6, 6.07) is 3.92. The molecule has 0 fully saturated rings. The van der Waals surface area contributed by atoms with Crippen molar-refractivity contribution in [3.8, 4) is 11.8 Å². The summed E-state index contributed by atoms with van der Waals surface area (Å²) in [5, 5.41) is 21.4.